The van der Waals surface area contributed by atoms with Crippen LogP contribution in [0.4, 0.5) is 0 Å². The average Bonchev–Trinajstić information content (AvgIpc) is 2.60. The van der Waals surface area contributed by atoms with E-state index in [0.717, 1.165) is 30.8 Å². The number of hydrogen-bond donors (Lipinski definition) is 1. The van der Waals surface area contributed by atoms with Crippen LogP contribution in [-0.4, -0.2) is 18.7 Å². The maximum absolute atomic E-state index is 11.9. The summed E-state index contributed by atoms with van der Waals surface area (Å²) >= 11 is 6.85. The van der Waals surface area contributed by atoms with Gasteiger partial charge in [0.2, 0.25) is 0 Å². The summed E-state index contributed by atoms with van der Waals surface area (Å²) < 4.78 is 7.32. The van der Waals surface area contributed by atoms with E-state index in [2.05, 4.69) is 48.5 Å². The summed E-state index contributed by atoms with van der Waals surface area (Å²) in [5.41, 5.74) is 4.32. The molecule has 132 valence electrons. The minimum Gasteiger partial charge on any atom is -0.482 e. The van der Waals surface area contributed by atoms with Gasteiger partial charge in [0, 0.05) is 4.47 Å². The van der Waals surface area contributed by atoms with Gasteiger partial charge < -0.3 is 4.74 Å². The molecule has 0 heterocycles. The molecule has 0 atom stereocenters. The highest BCUT2D eigenvalue weighted by Gasteiger charge is 2.09. The van der Waals surface area contributed by atoms with Gasteiger partial charge in [0.25, 0.3) is 5.91 Å². The van der Waals surface area contributed by atoms with Gasteiger partial charge in [-0.05, 0) is 63.0 Å². The van der Waals surface area contributed by atoms with Gasteiger partial charge in [0.15, 0.2) is 6.61 Å². The molecule has 0 aliphatic carbocycles. The molecule has 3 aromatic rings. The van der Waals surface area contributed by atoms with Crippen molar-refractivity contribution in [1.29, 1.82) is 0 Å². The first-order valence-corrected chi connectivity index (χ1v) is 9.51. The normalized spacial score (nSPS) is 11.0. The van der Waals surface area contributed by atoms with Gasteiger partial charge in [-0.2, -0.15) is 5.10 Å². The number of carbonyl (C=O) groups excluding carboxylic acids is 1. The Kier molecular flexibility index (Phi) is 6.06. The lowest BCUT2D eigenvalue weighted by molar-refractivity contribution is -0.123. The molecule has 4 nitrogen and oxygen atoms in total. The van der Waals surface area contributed by atoms with Crippen molar-refractivity contribution in [3.05, 3.63) is 74.7 Å². The van der Waals surface area contributed by atoms with E-state index in [1.165, 1.54) is 0 Å². The monoisotopic (exact) mass is 474 g/mol. The molecule has 1 N–H and O–H groups in total. The lowest BCUT2D eigenvalue weighted by atomic mass is 10.1. The van der Waals surface area contributed by atoms with E-state index in [9.17, 15) is 4.79 Å². The summed E-state index contributed by atoms with van der Waals surface area (Å²) in [5.74, 6) is 0.318. The second-order valence-electron chi connectivity index (χ2n) is 5.72. The molecule has 0 bridgehead atoms. The Labute approximate surface area is 168 Å². The number of amides is 1. The number of hydrazone groups is 1. The fourth-order valence-electron chi connectivity index (χ4n) is 2.51. The number of aryl methyl sites for hydroxylation is 1. The largest absolute Gasteiger partial charge is 0.482 e. The molecule has 3 aromatic carbocycles. The molecule has 26 heavy (non-hydrogen) atoms. The Morgan fingerprint density at radius 1 is 1.12 bits per heavy atom. The van der Waals surface area contributed by atoms with Crippen molar-refractivity contribution >= 4 is 54.8 Å². The van der Waals surface area contributed by atoms with E-state index in [0.29, 0.717) is 5.75 Å². The first-order chi connectivity index (χ1) is 12.5. The van der Waals surface area contributed by atoms with E-state index in [-0.39, 0.29) is 12.5 Å². The second kappa shape index (κ2) is 8.47. The summed E-state index contributed by atoms with van der Waals surface area (Å²) in [6, 6.07) is 17.9. The van der Waals surface area contributed by atoms with Gasteiger partial charge in [0.05, 0.1) is 10.7 Å². The van der Waals surface area contributed by atoms with Gasteiger partial charge in [-0.3, -0.25) is 4.79 Å². The number of carbonyl (C=O) groups is 1. The maximum atomic E-state index is 11.9. The maximum Gasteiger partial charge on any atom is 0.277 e. The smallest absolute Gasteiger partial charge is 0.277 e. The zero-order valence-corrected chi connectivity index (χ0v) is 17.2. The van der Waals surface area contributed by atoms with Gasteiger partial charge in [0.1, 0.15) is 5.75 Å². The Balaban J connectivity index is 1.57. The van der Waals surface area contributed by atoms with E-state index >= 15 is 0 Å². The van der Waals surface area contributed by atoms with Crippen LogP contribution < -0.4 is 10.2 Å². The first kappa shape index (κ1) is 18.6. The Morgan fingerprint density at radius 2 is 1.88 bits per heavy atom. The van der Waals surface area contributed by atoms with Crippen molar-refractivity contribution in [3.63, 3.8) is 0 Å². The number of benzene rings is 3. The fraction of sp³-hybridized carbons (Fsp3) is 0.100. The van der Waals surface area contributed by atoms with Crippen LogP contribution in [0.2, 0.25) is 0 Å². The molecule has 0 aliphatic heterocycles. The molecule has 0 fully saturated rings. The number of hydrogen-bond acceptors (Lipinski definition) is 3. The predicted octanol–water partition coefficient (Wildman–Crippen LogP) is 5.20. The number of ether oxygens (including phenoxy) is 1. The minimum atomic E-state index is -0.323. The van der Waals surface area contributed by atoms with Crippen molar-refractivity contribution in [3.8, 4) is 5.75 Å². The zero-order chi connectivity index (χ0) is 18.5. The Morgan fingerprint density at radius 3 is 2.65 bits per heavy atom. The van der Waals surface area contributed by atoms with Crippen LogP contribution >= 0.6 is 31.9 Å². The third-order valence-electron chi connectivity index (χ3n) is 3.72. The Bertz CT molecular complexity index is 963. The summed E-state index contributed by atoms with van der Waals surface area (Å²) in [4.78, 5) is 11.9. The Hall–Kier alpha value is -2.18. The molecule has 3 rings (SSSR count). The van der Waals surface area contributed by atoms with Gasteiger partial charge >= 0.3 is 0 Å². The molecule has 0 spiro atoms. The van der Waals surface area contributed by atoms with Crippen molar-refractivity contribution in [2.75, 3.05) is 6.61 Å². The molecule has 0 aromatic heterocycles. The van der Waals surface area contributed by atoms with Crippen LogP contribution in [-0.2, 0) is 4.79 Å². The number of nitrogens with one attached hydrogen (secondary N) is 1. The minimum absolute atomic E-state index is 0.115. The lowest BCUT2D eigenvalue weighted by Gasteiger charge is -2.10. The second-order valence-corrected chi connectivity index (χ2v) is 7.49. The van der Waals surface area contributed by atoms with Crippen molar-refractivity contribution in [1.82, 2.24) is 5.43 Å². The van der Waals surface area contributed by atoms with Gasteiger partial charge in [-0.1, -0.05) is 52.3 Å². The molecule has 0 aliphatic rings. The zero-order valence-electron chi connectivity index (χ0n) is 14.0. The summed E-state index contributed by atoms with van der Waals surface area (Å²) in [5, 5.41) is 6.29. The third-order valence-corrected chi connectivity index (χ3v) is 4.76. The molecule has 1 amide bonds. The van der Waals surface area contributed by atoms with E-state index in [1.54, 1.807) is 6.21 Å². The number of halogens is 2. The van der Waals surface area contributed by atoms with Crippen LogP contribution in [0, 0.1) is 6.92 Å². The lowest BCUT2D eigenvalue weighted by Crippen LogP contribution is -2.24. The molecular formula is C20H16Br2N2O2. The highest BCUT2D eigenvalue weighted by atomic mass is 79.9. The number of fused-ring (bicyclic) bond motifs is 1. The number of nitrogens with zero attached hydrogens (tertiary/aromatic N) is 1. The van der Waals surface area contributed by atoms with Crippen molar-refractivity contribution in [2.24, 2.45) is 5.10 Å². The van der Waals surface area contributed by atoms with Gasteiger partial charge in [-0.25, -0.2) is 5.43 Å². The summed E-state index contributed by atoms with van der Waals surface area (Å²) in [6.07, 6.45) is 1.62. The van der Waals surface area contributed by atoms with Crippen LogP contribution in [0.15, 0.2) is 68.6 Å². The summed E-state index contributed by atoms with van der Waals surface area (Å²) in [7, 11) is 0. The summed E-state index contributed by atoms with van der Waals surface area (Å²) in [6.45, 7) is 1.80. The quantitative estimate of drug-likeness (QED) is 0.407. The topological polar surface area (TPSA) is 50.7 Å². The van der Waals surface area contributed by atoms with Crippen LogP contribution in [0.1, 0.15) is 11.1 Å². The van der Waals surface area contributed by atoms with Crippen LogP contribution in [0.5, 0.6) is 5.75 Å². The first-order valence-electron chi connectivity index (χ1n) is 7.92. The van der Waals surface area contributed by atoms with E-state index < -0.39 is 0 Å². The molecule has 0 saturated heterocycles. The molecule has 0 unspecified atom stereocenters. The number of rotatable bonds is 5. The fourth-order valence-corrected chi connectivity index (χ4v) is 4.06. The van der Waals surface area contributed by atoms with Crippen LogP contribution in [0.25, 0.3) is 10.8 Å². The molecule has 0 radical (unpaired) electrons. The predicted molar refractivity (Wildman–Crippen MR) is 112 cm³/mol. The molecular weight excluding hydrogens is 460 g/mol. The molecule has 0 saturated carbocycles. The highest BCUT2D eigenvalue weighted by Crippen LogP contribution is 2.32. The van der Waals surface area contributed by atoms with Gasteiger partial charge in [-0.15, -0.1) is 0 Å². The standard InChI is InChI=1S/C20H16Br2N2O2/c1-13-8-17(21)10-18(22)20(13)26-12-19(25)24-23-11-14-6-7-15-4-2-3-5-16(15)9-14/h2-11H,12H2,1H3,(H,24,25). The highest BCUT2D eigenvalue weighted by molar-refractivity contribution is 9.11. The molecule has 6 heteroatoms. The van der Waals surface area contributed by atoms with E-state index in [1.807, 2.05) is 55.5 Å². The third kappa shape index (κ3) is 4.71. The van der Waals surface area contributed by atoms with Crippen molar-refractivity contribution < 1.29 is 9.53 Å². The van der Waals surface area contributed by atoms with Crippen LogP contribution in [0.3, 0.4) is 0 Å². The van der Waals surface area contributed by atoms with E-state index in [4.69, 9.17) is 4.74 Å². The van der Waals surface area contributed by atoms with Crippen molar-refractivity contribution in [2.45, 2.75) is 6.92 Å². The SMILES string of the molecule is Cc1cc(Br)cc(Br)c1OCC(=O)NN=Cc1ccc2ccccc2c1. The average molecular weight is 476 g/mol.